The van der Waals surface area contributed by atoms with Crippen LogP contribution < -0.4 is 10.6 Å². The second-order valence-electron chi connectivity index (χ2n) is 4.11. The molecule has 0 aromatic carbocycles. The zero-order valence-electron chi connectivity index (χ0n) is 9.91. The quantitative estimate of drug-likeness (QED) is 0.751. The molecule has 2 amide bonds. The van der Waals surface area contributed by atoms with Crippen LogP contribution in [-0.4, -0.2) is 36.4 Å². The van der Waals surface area contributed by atoms with Gasteiger partial charge in [0.1, 0.15) is 0 Å². The molecule has 92 valence electrons. The van der Waals surface area contributed by atoms with E-state index in [4.69, 9.17) is 0 Å². The predicted octanol–water partition coefficient (Wildman–Crippen LogP) is 0.770. The number of nitrogens with one attached hydrogen (secondary N) is 2. The standard InChI is InChI=1S/C11H20N2O2S/c1-3-9(7-16-2)13-11(15)8-4-5-10(14)12-6-8/h8-9H,3-7H2,1-2H3,(H,12,14)(H,13,15). The van der Waals surface area contributed by atoms with Crippen molar-refractivity contribution in [3.63, 3.8) is 0 Å². The number of hydrogen-bond donors (Lipinski definition) is 2. The van der Waals surface area contributed by atoms with Crippen molar-refractivity contribution in [1.29, 1.82) is 0 Å². The second kappa shape index (κ2) is 6.78. The van der Waals surface area contributed by atoms with E-state index in [0.29, 0.717) is 19.4 Å². The van der Waals surface area contributed by atoms with E-state index in [0.717, 1.165) is 12.2 Å². The third kappa shape index (κ3) is 4.04. The first kappa shape index (κ1) is 13.4. The molecule has 5 heteroatoms. The summed E-state index contributed by atoms with van der Waals surface area (Å²) in [5.41, 5.74) is 0. The monoisotopic (exact) mass is 244 g/mol. The van der Waals surface area contributed by atoms with Crippen molar-refractivity contribution in [1.82, 2.24) is 10.6 Å². The summed E-state index contributed by atoms with van der Waals surface area (Å²) in [7, 11) is 0. The zero-order valence-corrected chi connectivity index (χ0v) is 10.7. The van der Waals surface area contributed by atoms with Gasteiger partial charge < -0.3 is 10.6 Å². The van der Waals surface area contributed by atoms with Crippen LogP contribution in [0.15, 0.2) is 0 Å². The lowest BCUT2D eigenvalue weighted by Crippen LogP contribution is -2.46. The molecule has 1 aliphatic rings. The van der Waals surface area contributed by atoms with Crippen molar-refractivity contribution in [2.45, 2.75) is 32.2 Å². The summed E-state index contributed by atoms with van der Waals surface area (Å²) in [6, 6.07) is 0.250. The molecule has 0 spiro atoms. The van der Waals surface area contributed by atoms with Gasteiger partial charge in [0.2, 0.25) is 11.8 Å². The van der Waals surface area contributed by atoms with Crippen LogP contribution in [-0.2, 0) is 9.59 Å². The Hall–Kier alpha value is -0.710. The molecule has 0 saturated carbocycles. The van der Waals surface area contributed by atoms with E-state index in [-0.39, 0.29) is 23.8 Å². The Balaban J connectivity index is 2.36. The van der Waals surface area contributed by atoms with Gasteiger partial charge in [-0.3, -0.25) is 9.59 Å². The van der Waals surface area contributed by atoms with E-state index < -0.39 is 0 Å². The summed E-state index contributed by atoms with van der Waals surface area (Å²) in [5, 5.41) is 5.77. The zero-order chi connectivity index (χ0) is 12.0. The van der Waals surface area contributed by atoms with Crippen LogP contribution in [0, 0.1) is 5.92 Å². The fraction of sp³-hybridized carbons (Fsp3) is 0.818. The van der Waals surface area contributed by atoms with Crippen molar-refractivity contribution < 1.29 is 9.59 Å². The SMILES string of the molecule is CCC(CSC)NC(=O)C1CCC(=O)NC1. The molecule has 0 bridgehead atoms. The lowest BCUT2D eigenvalue weighted by atomic mass is 9.98. The van der Waals surface area contributed by atoms with Gasteiger partial charge in [-0.25, -0.2) is 0 Å². The first-order valence-electron chi connectivity index (χ1n) is 5.73. The van der Waals surface area contributed by atoms with Crippen molar-refractivity contribution in [3.8, 4) is 0 Å². The molecule has 0 aromatic rings. The van der Waals surface area contributed by atoms with Gasteiger partial charge in [-0.1, -0.05) is 6.92 Å². The second-order valence-corrected chi connectivity index (χ2v) is 5.02. The molecule has 1 fully saturated rings. The predicted molar refractivity (Wildman–Crippen MR) is 66.3 cm³/mol. The van der Waals surface area contributed by atoms with Crippen LogP contribution in [0.1, 0.15) is 26.2 Å². The molecule has 1 rings (SSSR count). The lowest BCUT2D eigenvalue weighted by molar-refractivity contribution is -0.129. The molecule has 1 heterocycles. The fourth-order valence-corrected chi connectivity index (χ4v) is 2.46. The van der Waals surface area contributed by atoms with E-state index in [9.17, 15) is 9.59 Å². The largest absolute Gasteiger partial charge is 0.355 e. The minimum atomic E-state index is -0.0476. The number of thioether (sulfide) groups is 1. The van der Waals surface area contributed by atoms with Crippen LogP contribution in [0.5, 0.6) is 0 Å². The molecule has 0 aromatic heterocycles. The summed E-state index contributed by atoms with van der Waals surface area (Å²) < 4.78 is 0. The molecular formula is C11H20N2O2S. The van der Waals surface area contributed by atoms with E-state index in [1.807, 2.05) is 6.26 Å². The van der Waals surface area contributed by atoms with Gasteiger partial charge in [0.25, 0.3) is 0 Å². The van der Waals surface area contributed by atoms with E-state index in [1.54, 1.807) is 11.8 Å². The van der Waals surface area contributed by atoms with Crippen LogP contribution in [0.3, 0.4) is 0 Å². The maximum atomic E-state index is 11.9. The minimum Gasteiger partial charge on any atom is -0.355 e. The first-order valence-corrected chi connectivity index (χ1v) is 7.12. The third-order valence-corrected chi connectivity index (χ3v) is 3.58. The number of piperidine rings is 1. The number of carbonyl (C=O) groups excluding carboxylic acids is 2. The number of carbonyl (C=O) groups is 2. The highest BCUT2D eigenvalue weighted by molar-refractivity contribution is 7.98. The number of hydrogen-bond acceptors (Lipinski definition) is 3. The smallest absolute Gasteiger partial charge is 0.225 e. The fourth-order valence-electron chi connectivity index (χ4n) is 1.74. The third-order valence-electron chi connectivity index (χ3n) is 2.84. The lowest BCUT2D eigenvalue weighted by Gasteiger charge is -2.24. The average molecular weight is 244 g/mol. The Kier molecular flexibility index (Phi) is 5.66. The van der Waals surface area contributed by atoms with Crippen molar-refractivity contribution >= 4 is 23.6 Å². The van der Waals surface area contributed by atoms with Gasteiger partial charge >= 0.3 is 0 Å². The summed E-state index contributed by atoms with van der Waals surface area (Å²) in [5.74, 6) is 1.04. The molecule has 1 saturated heterocycles. The van der Waals surface area contributed by atoms with Crippen molar-refractivity contribution in [2.75, 3.05) is 18.6 Å². The van der Waals surface area contributed by atoms with Gasteiger partial charge in [0.05, 0.1) is 5.92 Å². The normalized spacial score (nSPS) is 22.4. The summed E-state index contributed by atoms with van der Waals surface area (Å²) >= 11 is 1.74. The molecule has 4 nitrogen and oxygen atoms in total. The summed E-state index contributed by atoms with van der Waals surface area (Å²) in [6.07, 6.45) is 4.13. The molecule has 16 heavy (non-hydrogen) atoms. The topological polar surface area (TPSA) is 58.2 Å². The average Bonchev–Trinajstić information content (AvgIpc) is 2.29. The Morgan fingerprint density at radius 3 is 2.94 bits per heavy atom. The molecule has 2 unspecified atom stereocenters. The molecule has 0 aliphatic carbocycles. The maximum absolute atomic E-state index is 11.9. The minimum absolute atomic E-state index is 0.0476. The number of amides is 2. The Morgan fingerprint density at radius 2 is 2.44 bits per heavy atom. The summed E-state index contributed by atoms with van der Waals surface area (Å²) in [4.78, 5) is 22.8. The Morgan fingerprint density at radius 1 is 1.69 bits per heavy atom. The number of rotatable bonds is 5. The van der Waals surface area contributed by atoms with E-state index in [2.05, 4.69) is 17.6 Å². The van der Waals surface area contributed by atoms with Gasteiger partial charge in [0.15, 0.2) is 0 Å². The van der Waals surface area contributed by atoms with Crippen LogP contribution >= 0.6 is 11.8 Å². The molecular weight excluding hydrogens is 224 g/mol. The van der Waals surface area contributed by atoms with Crippen LogP contribution in [0.25, 0.3) is 0 Å². The van der Waals surface area contributed by atoms with Gasteiger partial charge in [-0.2, -0.15) is 11.8 Å². The Labute approximate surface area is 101 Å². The van der Waals surface area contributed by atoms with Gasteiger partial charge in [0, 0.05) is 24.8 Å². The molecule has 2 atom stereocenters. The summed E-state index contributed by atoms with van der Waals surface area (Å²) in [6.45, 7) is 2.56. The molecule has 0 radical (unpaired) electrons. The highest BCUT2D eigenvalue weighted by Crippen LogP contribution is 2.12. The Bertz CT molecular complexity index is 248. The van der Waals surface area contributed by atoms with Crippen LogP contribution in [0.4, 0.5) is 0 Å². The highest BCUT2D eigenvalue weighted by atomic mass is 32.2. The maximum Gasteiger partial charge on any atom is 0.225 e. The van der Waals surface area contributed by atoms with Crippen molar-refractivity contribution in [3.05, 3.63) is 0 Å². The first-order chi connectivity index (χ1) is 7.67. The van der Waals surface area contributed by atoms with Crippen LogP contribution in [0.2, 0.25) is 0 Å². The molecule has 2 N–H and O–H groups in total. The van der Waals surface area contributed by atoms with Gasteiger partial charge in [-0.15, -0.1) is 0 Å². The van der Waals surface area contributed by atoms with E-state index in [1.165, 1.54) is 0 Å². The van der Waals surface area contributed by atoms with E-state index >= 15 is 0 Å². The highest BCUT2D eigenvalue weighted by Gasteiger charge is 2.25. The van der Waals surface area contributed by atoms with Crippen molar-refractivity contribution in [2.24, 2.45) is 5.92 Å². The molecule has 1 aliphatic heterocycles. The van der Waals surface area contributed by atoms with Gasteiger partial charge in [-0.05, 0) is 19.1 Å².